The van der Waals surface area contributed by atoms with Crippen molar-refractivity contribution >= 4 is 33.4 Å². The van der Waals surface area contributed by atoms with E-state index in [4.69, 9.17) is 0 Å². The lowest BCUT2D eigenvalue weighted by atomic mass is 10.1. The zero-order valence-corrected chi connectivity index (χ0v) is 11.7. The first-order valence-corrected chi connectivity index (χ1v) is 7.00. The molecule has 0 aromatic heterocycles. The minimum Gasteiger partial charge on any atom is -0.341 e. The van der Waals surface area contributed by atoms with Crippen molar-refractivity contribution in [1.82, 2.24) is 5.32 Å². The van der Waals surface area contributed by atoms with Gasteiger partial charge in [-0.2, -0.15) is 0 Å². The molecule has 0 saturated carbocycles. The maximum atomic E-state index is 12.3. The number of hydrogen-bond donors (Lipinski definition) is 1. The largest absolute Gasteiger partial charge is 0.341 e. The number of carbonyl (C=O) groups is 2. The van der Waals surface area contributed by atoms with Crippen molar-refractivity contribution in [2.45, 2.75) is 19.4 Å². The van der Waals surface area contributed by atoms with Crippen LogP contribution in [0.1, 0.15) is 24.9 Å². The monoisotopic (exact) mass is 310 g/mol. The van der Waals surface area contributed by atoms with E-state index in [9.17, 15) is 9.59 Å². The lowest BCUT2D eigenvalue weighted by molar-refractivity contribution is -0.126. The summed E-state index contributed by atoms with van der Waals surface area (Å²) in [6, 6.07) is 7.07. The Morgan fingerprint density at radius 3 is 2.83 bits per heavy atom. The van der Waals surface area contributed by atoms with Crippen LogP contribution in [0, 0.1) is 0 Å². The number of anilines is 1. The van der Waals surface area contributed by atoms with Crippen LogP contribution in [0.5, 0.6) is 0 Å². The summed E-state index contributed by atoms with van der Waals surface area (Å²) in [7, 11) is 0. The molecule has 5 heteroatoms. The van der Waals surface area contributed by atoms with Gasteiger partial charge in [0.05, 0.1) is 0 Å². The Morgan fingerprint density at radius 1 is 1.44 bits per heavy atom. The van der Waals surface area contributed by atoms with Crippen LogP contribution >= 0.6 is 15.9 Å². The molecule has 1 aliphatic heterocycles. The van der Waals surface area contributed by atoms with Crippen LogP contribution in [0.2, 0.25) is 0 Å². The van der Waals surface area contributed by atoms with Crippen molar-refractivity contribution in [3.63, 3.8) is 0 Å². The molecule has 4 nitrogen and oxygen atoms in total. The van der Waals surface area contributed by atoms with Gasteiger partial charge in [-0.3, -0.25) is 9.59 Å². The first-order valence-electron chi connectivity index (χ1n) is 5.88. The van der Waals surface area contributed by atoms with Gasteiger partial charge >= 0.3 is 0 Å². The quantitative estimate of drug-likeness (QED) is 0.865. The van der Waals surface area contributed by atoms with Crippen molar-refractivity contribution in [3.8, 4) is 0 Å². The van der Waals surface area contributed by atoms with E-state index in [1.165, 1.54) is 6.92 Å². The first kappa shape index (κ1) is 13.1. The van der Waals surface area contributed by atoms with Gasteiger partial charge < -0.3 is 10.2 Å². The number of para-hydroxylation sites is 1. The summed E-state index contributed by atoms with van der Waals surface area (Å²) >= 11 is 3.36. The lowest BCUT2D eigenvalue weighted by Gasteiger charge is -2.17. The predicted molar refractivity (Wildman–Crippen MR) is 73.8 cm³/mol. The number of rotatable bonds is 4. The van der Waals surface area contributed by atoms with Crippen LogP contribution in [0.15, 0.2) is 24.3 Å². The Balaban J connectivity index is 2.30. The molecule has 2 amide bonds. The Morgan fingerprint density at radius 2 is 2.17 bits per heavy atom. The van der Waals surface area contributed by atoms with Crippen LogP contribution in [0.4, 0.5) is 5.69 Å². The van der Waals surface area contributed by atoms with Crippen molar-refractivity contribution in [1.29, 1.82) is 0 Å². The van der Waals surface area contributed by atoms with Crippen molar-refractivity contribution in [2.24, 2.45) is 0 Å². The number of fused-ring (bicyclic) bond motifs is 1. The molecule has 0 fully saturated rings. The summed E-state index contributed by atoms with van der Waals surface area (Å²) in [5, 5.41) is 3.56. The molecule has 2 rings (SSSR count). The summed E-state index contributed by atoms with van der Waals surface area (Å²) in [5.41, 5.74) is 1.79. The van der Waals surface area contributed by atoms with E-state index in [0.717, 1.165) is 23.0 Å². The molecular weight excluding hydrogens is 296 g/mol. The molecule has 1 heterocycles. The van der Waals surface area contributed by atoms with E-state index in [1.54, 1.807) is 4.90 Å². The summed E-state index contributed by atoms with van der Waals surface area (Å²) in [4.78, 5) is 25.2. The Bertz CT molecular complexity index is 476. The second-order valence-electron chi connectivity index (χ2n) is 4.22. The molecule has 0 aliphatic carbocycles. The second-order valence-corrected chi connectivity index (χ2v) is 5.02. The number of nitrogens with zero attached hydrogens (tertiary/aromatic N) is 1. The third kappa shape index (κ3) is 2.41. The number of benzene rings is 1. The predicted octanol–water partition coefficient (Wildman–Crippen LogP) is 2.00. The molecule has 18 heavy (non-hydrogen) atoms. The van der Waals surface area contributed by atoms with Gasteiger partial charge in [0, 0.05) is 30.0 Å². The van der Waals surface area contributed by atoms with Gasteiger partial charge in [0.1, 0.15) is 6.04 Å². The van der Waals surface area contributed by atoms with E-state index in [1.807, 2.05) is 24.3 Å². The van der Waals surface area contributed by atoms with E-state index in [2.05, 4.69) is 21.2 Å². The average Bonchev–Trinajstić information content (AvgIpc) is 2.60. The lowest BCUT2D eigenvalue weighted by Crippen LogP contribution is -2.37. The highest BCUT2D eigenvalue weighted by atomic mass is 79.9. The normalized spacial score (nSPS) is 17.8. The van der Waals surface area contributed by atoms with Crippen molar-refractivity contribution in [2.75, 3.05) is 16.8 Å². The first-order chi connectivity index (χ1) is 8.65. The maximum absolute atomic E-state index is 12.3. The summed E-state index contributed by atoms with van der Waals surface area (Å²) in [5.74, 6) is -0.238. The molecule has 96 valence electrons. The number of halogens is 1. The standard InChI is InChI=1S/C13H15BrN2O2/c1-9(17)15-12-10-5-2-3-6-11(10)16(13(12)18)8-4-7-14/h2-3,5-6,12H,4,7-8H2,1H3,(H,15,17)/t12-/m0/s1. The minimum absolute atomic E-state index is 0.0487. The molecule has 0 saturated heterocycles. The zero-order chi connectivity index (χ0) is 13.1. The molecule has 0 spiro atoms. The molecule has 1 aliphatic rings. The van der Waals surface area contributed by atoms with Gasteiger partial charge in [0.15, 0.2) is 0 Å². The molecule has 0 bridgehead atoms. The third-order valence-corrected chi connectivity index (χ3v) is 3.48. The van der Waals surface area contributed by atoms with Gasteiger partial charge in [-0.05, 0) is 12.5 Å². The fourth-order valence-electron chi connectivity index (χ4n) is 2.18. The molecule has 0 radical (unpaired) electrons. The Hall–Kier alpha value is -1.36. The average molecular weight is 311 g/mol. The number of alkyl halides is 1. The third-order valence-electron chi connectivity index (χ3n) is 2.91. The summed E-state index contributed by atoms with van der Waals surface area (Å²) in [6.45, 7) is 2.09. The molecule has 1 atom stereocenters. The molecule has 0 unspecified atom stereocenters. The topological polar surface area (TPSA) is 49.4 Å². The number of hydrogen-bond acceptors (Lipinski definition) is 2. The summed E-state index contributed by atoms with van der Waals surface area (Å²) < 4.78 is 0. The van der Waals surface area contributed by atoms with Gasteiger partial charge in [-0.15, -0.1) is 0 Å². The Labute approximate surface area is 114 Å². The van der Waals surface area contributed by atoms with Crippen molar-refractivity contribution < 1.29 is 9.59 Å². The fraction of sp³-hybridized carbons (Fsp3) is 0.385. The van der Waals surface area contributed by atoms with Gasteiger partial charge in [0.2, 0.25) is 5.91 Å². The van der Waals surface area contributed by atoms with Crippen LogP contribution < -0.4 is 10.2 Å². The fourth-order valence-corrected chi connectivity index (χ4v) is 2.43. The highest BCUT2D eigenvalue weighted by Crippen LogP contribution is 2.35. The Kier molecular flexibility index (Phi) is 4.01. The van der Waals surface area contributed by atoms with Crippen molar-refractivity contribution in [3.05, 3.63) is 29.8 Å². The van der Waals surface area contributed by atoms with Crippen LogP contribution in [-0.2, 0) is 9.59 Å². The van der Waals surface area contributed by atoms with Crippen LogP contribution in [0.3, 0.4) is 0 Å². The van der Waals surface area contributed by atoms with E-state index in [-0.39, 0.29) is 11.8 Å². The molecule has 1 aromatic carbocycles. The number of amides is 2. The zero-order valence-electron chi connectivity index (χ0n) is 10.1. The molecule has 1 aromatic rings. The van der Waals surface area contributed by atoms with Gasteiger partial charge in [-0.1, -0.05) is 34.1 Å². The maximum Gasteiger partial charge on any atom is 0.254 e. The molecular formula is C13H15BrN2O2. The van der Waals surface area contributed by atoms with Gasteiger partial charge in [-0.25, -0.2) is 0 Å². The SMILES string of the molecule is CC(=O)N[C@@H]1C(=O)N(CCCBr)c2ccccc21. The highest BCUT2D eigenvalue weighted by Gasteiger charge is 2.36. The van der Waals surface area contributed by atoms with E-state index >= 15 is 0 Å². The van der Waals surface area contributed by atoms with Crippen LogP contribution in [0.25, 0.3) is 0 Å². The van der Waals surface area contributed by atoms with Crippen LogP contribution in [-0.4, -0.2) is 23.7 Å². The van der Waals surface area contributed by atoms with E-state index in [0.29, 0.717) is 6.54 Å². The van der Waals surface area contributed by atoms with Gasteiger partial charge in [0.25, 0.3) is 5.91 Å². The smallest absolute Gasteiger partial charge is 0.254 e. The summed E-state index contributed by atoms with van der Waals surface area (Å²) in [6.07, 6.45) is 0.882. The highest BCUT2D eigenvalue weighted by molar-refractivity contribution is 9.09. The minimum atomic E-state index is -0.533. The molecule has 1 N–H and O–H groups in total. The number of nitrogens with one attached hydrogen (secondary N) is 1. The van der Waals surface area contributed by atoms with E-state index < -0.39 is 6.04 Å². The second kappa shape index (κ2) is 5.52. The number of carbonyl (C=O) groups excluding carboxylic acids is 2.